The van der Waals surface area contributed by atoms with Crippen LogP contribution < -0.4 is 4.74 Å². The number of halogens is 2. The predicted octanol–water partition coefficient (Wildman–Crippen LogP) is 7.17. The topological polar surface area (TPSA) is 157 Å². The number of hydrogen-bond donors (Lipinski definition) is 1. The van der Waals surface area contributed by atoms with Gasteiger partial charge in [-0.05, 0) is 60.5 Å². The molecule has 0 aliphatic carbocycles. The molecule has 2 aromatic heterocycles. The molecule has 46 heavy (non-hydrogen) atoms. The molecule has 0 atom stereocenters. The van der Waals surface area contributed by atoms with Gasteiger partial charge in [-0.2, -0.15) is 0 Å². The van der Waals surface area contributed by atoms with E-state index in [1.807, 2.05) is 41.5 Å². The van der Waals surface area contributed by atoms with Crippen molar-refractivity contribution in [1.29, 1.82) is 0 Å². The highest BCUT2D eigenvalue weighted by molar-refractivity contribution is 6.29. The van der Waals surface area contributed by atoms with Crippen molar-refractivity contribution in [2.45, 2.75) is 98.1 Å². The fourth-order valence-electron chi connectivity index (χ4n) is 4.01. The highest BCUT2D eigenvalue weighted by atomic mass is 35.5. The Hall–Kier alpha value is -3.42. The van der Waals surface area contributed by atoms with Crippen molar-refractivity contribution < 1.29 is 33.8 Å². The standard InChI is InChI=1S/C15H21ClN2O3.C10H19NO3.C5H3ClN2O2.CH4/c1-15(2,3)21-14(19)18-8-5-11(6-9-18)20-12-4-7-17-13(16)10-12;1-10(2,3)14-9(13)11-6-4-8(12)5-7-11;6-5-3-4(8(9)10)1-2-7-5;/h4,7,10-11H,5-6,8-9H2,1-3H3;8,12H,4-7H2,1-3H3;1-3H;1H4. The molecule has 2 aliphatic rings. The van der Waals surface area contributed by atoms with Crippen LogP contribution in [0.25, 0.3) is 0 Å². The van der Waals surface area contributed by atoms with Gasteiger partial charge < -0.3 is 29.1 Å². The number of likely N-dealkylation sites (tertiary alicyclic amines) is 2. The maximum atomic E-state index is 12.0. The monoisotopic (exact) mass is 687 g/mol. The summed E-state index contributed by atoms with van der Waals surface area (Å²) in [5.41, 5.74) is -0.939. The second kappa shape index (κ2) is 18.7. The second-order valence-corrected chi connectivity index (χ2v) is 13.2. The number of nitrogens with zero attached hydrogens (tertiary/aromatic N) is 5. The van der Waals surface area contributed by atoms with Crippen molar-refractivity contribution in [3.8, 4) is 5.75 Å². The van der Waals surface area contributed by atoms with Crippen LogP contribution in [0.15, 0.2) is 36.7 Å². The molecule has 2 aliphatic heterocycles. The van der Waals surface area contributed by atoms with Gasteiger partial charge in [0.25, 0.3) is 5.69 Å². The SMILES string of the molecule is C.CC(C)(C)OC(=O)N1CCC(O)CC1.CC(C)(C)OC(=O)N1CCC(Oc2ccnc(Cl)c2)CC1.O=[N+]([O-])c1ccnc(Cl)c1. The number of aliphatic hydroxyl groups excluding tert-OH is 1. The second-order valence-electron chi connectivity index (χ2n) is 12.4. The molecule has 15 heteroatoms. The first-order valence-electron chi connectivity index (χ1n) is 14.6. The average molecular weight is 689 g/mol. The Kier molecular flexibility index (Phi) is 16.5. The number of hydrogen-bond acceptors (Lipinski definition) is 10. The van der Waals surface area contributed by atoms with Crippen molar-refractivity contribution in [2.24, 2.45) is 0 Å². The number of nitro groups is 1. The molecule has 0 radical (unpaired) electrons. The van der Waals surface area contributed by atoms with Gasteiger partial charge in [-0.25, -0.2) is 19.6 Å². The molecule has 258 valence electrons. The number of piperidine rings is 2. The first kappa shape index (κ1) is 40.6. The minimum atomic E-state index is -0.520. The van der Waals surface area contributed by atoms with Crippen LogP contribution in [-0.4, -0.2) is 91.6 Å². The minimum absolute atomic E-state index is 0. The van der Waals surface area contributed by atoms with Crippen LogP contribution in [0.2, 0.25) is 10.3 Å². The normalized spacial score (nSPS) is 15.6. The first-order valence-corrected chi connectivity index (χ1v) is 15.4. The summed E-state index contributed by atoms with van der Waals surface area (Å²) in [5, 5.41) is 19.9. The van der Waals surface area contributed by atoms with E-state index in [1.165, 1.54) is 18.3 Å². The van der Waals surface area contributed by atoms with E-state index in [9.17, 15) is 24.8 Å². The third-order valence-electron chi connectivity index (χ3n) is 6.13. The van der Waals surface area contributed by atoms with Gasteiger partial charge in [-0.3, -0.25) is 10.1 Å². The number of amides is 2. The molecular formula is C31H47Cl2N5O8. The van der Waals surface area contributed by atoms with E-state index in [0.29, 0.717) is 49.9 Å². The Morgan fingerprint density at radius 2 is 1.28 bits per heavy atom. The van der Waals surface area contributed by atoms with E-state index >= 15 is 0 Å². The van der Waals surface area contributed by atoms with Crippen LogP contribution in [0, 0.1) is 10.1 Å². The van der Waals surface area contributed by atoms with E-state index in [-0.39, 0.29) is 42.7 Å². The molecule has 4 rings (SSSR count). The molecule has 0 unspecified atom stereocenters. The molecule has 2 aromatic rings. The number of aliphatic hydroxyl groups is 1. The van der Waals surface area contributed by atoms with E-state index in [4.69, 9.17) is 37.4 Å². The number of carbonyl (C=O) groups is 2. The summed E-state index contributed by atoms with van der Waals surface area (Å²) < 4.78 is 16.4. The van der Waals surface area contributed by atoms with Crippen LogP contribution in [-0.2, 0) is 9.47 Å². The quantitative estimate of drug-likeness (QED) is 0.199. The highest BCUT2D eigenvalue weighted by Crippen LogP contribution is 2.22. The lowest BCUT2D eigenvalue weighted by molar-refractivity contribution is -0.384. The van der Waals surface area contributed by atoms with Crippen molar-refractivity contribution in [3.63, 3.8) is 0 Å². The number of carbonyl (C=O) groups excluding carboxylic acids is 2. The smallest absolute Gasteiger partial charge is 0.410 e. The molecule has 0 saturated carbocycles. The molecule has 13 nitrogen and oxygen atoms in total. The minimum Gasteiger partial charge on any atom is -0.490 e. The Morgan fingerprint density at radius 3 is 1.67 bits per heavy atom. The van der Waals surface area contributed by atoms with Crippen molar-refractivity contribution in [1.82, 2.24) is 19.8 Å². The fraction of sp³-hybridized carbons (Fsp3) is 0.613. The molecule has 4 heterocycles. The fourth-order valence-corrected chi connectivity index (χ4v) is 4.35. The summed E-state index contributed by atoms with van der Waals surface area (Å²) in [4.78, 5) is 43.9. The van der Waals surface area contributed by atoms with Gasteiger partial charge >= 0.3 is 12.2 Å². The maximum absolute atomic E-state index is 12.0. The summed E-state index contributed by atoms with van der Waals surface area (Å²) in [6.07, 6.45) is 5.07. The van der Waals surface area contributed by atoms with Gasteiger partial charge in [0, 0.05) is 63.5 Å². The van der Waals surface area contributed by atoms with Gasteiger partial charge in [-0.1, -0.05) is 30.6 Å². The van der Waals surface area contributed by atoms with E-state index < -0.39 is 16.1 Å². The Morgan fingerprint density at radius 1 is 0.848 bits per heavy atom. The highest BCUT2D eigenvalue weighted by Gasteiger charge is 2.28. The zero-order valence-electron chi connectivity index (χ0n) is 26.6. The average Bonchev–Trinajstić information content (AvgIpc) is 2.93. The summed E-state index contributed by atoms with van der Waals surface area (Å²) in [7, 11) is 0. The van der Waals surface area contributed by atoms with Gasteiger partial charge in [-0.15, -0.1) is 0 Å². The van der Waals surface area contributed by atoms with Crippen molar-refractivity contribution in [3.05, 3.63) is 57.1 Å². The summed E-state index contributed by atoms with van der Waals surface area (Å²) in [6.45, 7) is 13.6. The van der Waals surface area contributed by atoms with Crippen LogP contribution in [0.4, 0.5) is 15.3 Å². The Labute approximate surface area is 281 Å². The maximum Gasteiger partial charge on any atom is 0.410 e. The van der Waals surface area contributed by atoms with Crippen LogP contribution >= 0.6 is 23.2 Å². The summed E-state index contributed by atoms with van der Waals surface area (Å²) in [5.74, 6) is 0.714. The van der Waals surface area contributed by atoms with E-state index in [2.05, 4.69) is 9.97 Å². The predicted molar refractivity (Wildman–Crippen MR) is 176 cm³/mol. The molecule has 0 spiro atoms. The lowest BCUT2D eigenvalue weighted by atomic mass is 10.1. The van der Waals surface area contributed by atoms with Gasteiger partial charge in [0.1, 0.15) is 33.4 Å². The Bertz CT molecular complexity index is 1260. The molecule has 0 bridgehead atoms. The number of rotatable bonds is 3. The van der Waals surface area contributed by atoms with Gasteiger partial charge in [0.15, 0.2) is 0 Å². The van der Waals surface area contributed by atoms with Gasteiger partial charge in [0.05, 0.1) is 17.1 Å². The van der Waals surface area contributed by atoms with Crippen molar-refractivity contribution >= 4 is 41.1 Å². The van der Waals surface area contributed by atoms with Crippen LogP contribution in [0.3, 0.4) is 0 Å². The zero-order valence-corrected chi connectivity index (χ0v) is 28.1. The third kappa shape index (κ3) is 16.2. The van der Waals surface area contributed by atoms with Crippen LogP contribution in [0.1, 0.15) is 74.7 Å². The molecule has 1 N–H and O–H groups in total. The molecular weight excluding hydrogens is 641 g/mol. The number of ether oxygens (including phenoxy) is 3. The third-order valence-corrected chi connectivity index (χ3v) is 6.55. The lowest BCUT2D eigenvalue weighted by Gasteiger charge is -2.33. The Balaban J connectivity index is 0.000000367. The van der Waals surface area contributed by atoms with E-state index in [1.54, 1.807) is 28.1 Å². The molecule has 0 aromatic carbocycles. The lowest BCUT2D eigenvalue weighted by Crippen LogP contribution is -2.44. The largest absolute Gasteiger partial charge is 0.490 e. The number of pyridine rings is 2. The number of aromatic nitrogens is 2. The molecule has 2 amide bonds. The molecule has 2 saturated heterocycles. The zero-order chi connectivity index (χ0) is 33.8. The first-order chi connectivity index (χ1) is 20.9. The van der Waals surface area contributed by atoms with Gasteiger partial charge in [0.2, 0.25) is 0 Å². The van der Waals surface area contributed by atoms with E-state index in [0.717, 1.165) is 12.8 Å². The molecule has 2 fully saturated rings. The summed E-state index contributed by atoms with van der Waals surface area (Å²) >= 11 is 11.2. The van der Waals surface area contributed by atoms with Crippen molar-refractivity contribution in [2.75, 3.05) is 26.2 Å². The summed E-state index contributed by atoms with van der Waals surface area (Å²) in [6, 6.07) is 5.96. The van der Waals surface area contributed by atoms with Crippen LogP contribution in [0.5, 0.6) is 5.75 Å².